The third kappa shape index (κ3) is 1.43. The summed E-state index contributed by atoms with van der Waals surface area (Å²) in [7, 11) is 0. The maximum atomic E-state index is 8.87. The Kier molecular flexibility index (Phi) is 2.65. The first kappa shape index (κ1) is 8.27. The lowest BCUT2D eigenvalue weighted by Gasteiger charge is -2.40. The number of aliphatic hydroxyl groups is 1. The van der Waals surface area contributed by atoms with Gasteiger partial charge in [-0.2, -0.15) is 5.10 Å². The van der Waals surface area contributed by atoms with E-state index in [1.165, 1.54) is 0 Å². The van der Waals surface area contributed by atoms with Gasteiger partial charge in [-0.15, -0.1) is 0 Å². The molecule has 0 aromatic carbocycles. The number of rotatable bonds is 4. The van der Waals surface area contributed by atoms with Crippen LogP contribution in [0.5, 0.6) is 0 Å². The quantitative estimate of drug-likeness (QED) is 0.480. The second kappa shape index (κ2) is 3.53. The molecule has 2 unspecified atom stereocenters. The minimum absolute atomic E-state index is 0.241. The number of hydrogen-bond acceptors (Lipinski definition) is 3. The molecule has 0 bridgehead atoms. The predicted molar refractivity (Wildman–Crippen MR) is 45.2 cm³/mol. The summed E-state index contributed by atoms with van der Waals surface area (Å²) in [4.78, 5) is 0. The number of hydrogen-bond donors (Lipinski definition) is 1. The average molecular weight is 154 g/mol. The van der Waals surface area contributed by atoms with Crippen LogP contribution in [-0.2, 0) is 0 Å². The third-order valence-corrected chi connectivity index (χ3v) is 2.30. The highest BCUT2D eigenvalue weighted by Crippen LogP contribution is 2.31. The Morgan fingerprint density at radius 2 is 2.36 bits per heavy atom. The van der Waals surface area contributed by atoms with Crippen LogP contribution in [0, 0.1) is 5.92 Å². The Morgan fingerprint density at radius 1 is 1.64 bits per heavy atom. The molecule has 0 aromatic rings. The molecule has 0 radical (unpaired) electrons. The van der Waals surface area contributed by atoms with Gasteiger partial charge in [0.15, 0.2) is 0 Å². The molecule has 1 N–H and O–H groups in total. The Morgan fingerprint density at radius 3 is 2.64 bits per heavy atom. The van der Waals surface area contributed by atoms with E-state index < -0.39 is 0 Å². The maximum Gasteiger partial charge on any atom is 0.0568 e. The maximum absolute atomic E-state index is 8.87. The van der Waals surface area contributed by atoms with Gasteiger partial charge in [0, 0.05) is 25.4 Å². The van der Waals surface area contributed by atoms with Gasteiger partial charge in [0.25, 0.3) is 0 Å². The first-order chi connectivity index (χ1) is 5.33. The Bertz CT molecular complexity index is 148. The van der Waals surface area contributed by atoms with E-state index in [1.54, 1.807) is 11.2 Å². The summed E-state index contributed by atoms with van der Waals surface area (Å²) < 4.78 is 0. The smallest absolute Gasteiger partial charge is 0.0568 e. The molecule has 0 heterocycles. The Hall–Kier alpha value is -0.830. The lowest BCUT2D eigenvalue weighted by atomic mass is 9.80. The Balaban J connectivity index is 2.45. The monoisotopic (exact) mass is 154 g/mol. The second-order valence-corrected chi connectivity index (χ2v) is 2.79. The highest BCUT2D eigenvalue weighted by molar-refractivity contribution is 5.23. The second-order valence-electron chi connectivity index (χ2n) is 2.79. The average Bonchev–Trinajstić information content (AvgIpc) is 1.98. The predicted octanol–water partition coefficient (Wildman–Crippen LogP) is 0.818. The van der Waals surface area contributed by atoms with Crippen molar-refractivity contribution in [2.45, 2.75) is 18.9 Å². The summed E-state index contributed by atoms with van der Waals surface area (Å²) in [5.41, 5.74) is 0. The van der Waals surface area contributed by atoms with E-state index in [4.69, 9.17) is 5.11 Å². The first-order valence-corrected chi connectivity index (χ1v) is 3.82. The number of nitrogens with zero attached hydrogens (tertiary/aromatic N) is 2. The molecular formula is C8H14N2O. The van der Waals surface area contributed by atoms with E-state index in [-0.39, 0.29) is 6.61 Å². The van der Waals surface area contributed by atoms with Crippen LogP contribution in [0.1, 0.15) is 12.8 Å². The topological polar surface area (TPSA) is 35.8 Å². The van der Waals surface area contributed by atoms with Crippen molar-refractivity contribution in [1.29, 1.82) is 0 Å². The highest BCUT2D eigenvalue weighted by Gasteiger charge is 2.33. The van der Waals surface area contributed by atoms with Crippen molar-refractivity contribution in [3.63, 3.8) is 0 Å². The highest BCUT2D eigenvalue weighted by atomic mass is 16.3. The van der Waals surface area contributed by atoms with E-state index in [2.05, 4.69) is 18.4 Å². The summed E-state index contributed by atoms with van der Waals surface area (Å²) in [6.45, 7) is 7.28. The van der Waals surface area contributed by atoms with Crippen molar-refractivity contribution < 1.29 is 5.11 Å². The van der Waals surface area contributed by atoms with Crippen LogP contribution in [0.15, 0.2) is 17.9 Å². The SMILES string of the molecule is C=CN(N=C)C1CCC1CO. The lowest BCUT2D eigenvalue weighted by Crippen LogP contribution is -2.43. The normalized spacial score (nSPS) is 28.8. The fraction of sp³-hybridized carbons (Fsp3) is 0.625. The van der Waals surface area contributed by atoms with Crippen molar-refractivity contribution in [3.05, 3.63) is 12.8 Å². The standard InChI is InChI=1S/C8H14N2O/c1-3-10(9-2)8-5-4-7(8)6-11/h3,7-8,11H,1-2,4-6H2. The van der Waals surface area contributed by atoms with Crippen LogP contribution < -0.4 is 0 Å². The molecule has 1 fully saturated rings. The van der Waals surface area contributed by atoms with Crippen LogP contribution in [0.3, 0.4) is 0 Å². The van der Waals surface area contributed by atoms with Crippen LogP contribution in [0.4, 0.5) is 0 Å². The van der Waals surface area contributed by atoms with Crippen molar-refractivity contribution in [2.75, 3.05) is 6.61 Å². The van der Waals surface area contributed by atoms with Crippen molar-refractivity contribution in [3.8, 4) is 0 Å². The van der Waals surface area contributed by atoms with Gasteiger partial charge in [0.05, 0.1) is 6.04 Å². The molecule has 0 aliphatic heterocycles. The van der Waals surface area contributed by atoms with E-state index in [1.807, 2.05) is 0 Å². The number of hydrazone groups is 1. The number of aliphatic hydroxyl groups excluding tert-OH is 1. The molecule has 1 rings (SSSR count). The van der Waals surface area contributed by atoms with Gasteiger partial charge in [-0.05, 0) is 12.8 Å². The zero-order chi connectivity index (χ0) is 8.27. The third-order valence-electron chi connectivity index (χ3n) is 2.30. The first-order valence-electron chi connectivity index (χ1n) is 3.82. The van der Waals surface area contributed by atoms with Crippen molar-refractivity contribution in [2.24, 2.45) is 11.0 Å². The molecule has 2 atom stereocenters. The van der Waals surface area contributed by atoms with E-state index in [0.29, 0.717) is 12.0 Å². The molecule has 0 aromatic heterocycles. The minimum atomic E-state index is 0.241. The molecular weight excluding hydrogens is 140 g/mol. The van der Waals surface area contributed by atoms with E-state index >= 15 is 0 Å². The van der Waals surface area contributed by atoms with Gasteiger partial charge in [-0.3, -0.25) is 5.01 Å². The van der Waals surface area contributed by atoms with Gasteiger partial charge in [-0.25, -0.2) is 0 Å². The van der Waals surface area contributed by atoms with Gasteiger partial charge in [-0.1, -0.05) is 6.58 Å². The van der Waals surface area contributed by atoms with Gasteiger partial charge < -0.3 is 5.11 Å². The molecule has 62 valence electrons. The molecule has 0 spiro atoms. The molecule has 3 heteroatoms. The van der Waals surface area contributed by atoms with Gasteiger partial charge in [0.1, 0.15) is 0 Å². The lowest BCUT2D eigenvalue weighted by molar-refractivity contribution is 0.0556. The van der Waals surface area contributed by atoms with Crippen LogP contribution in [-0.4, -0.2) is 29.5 Å². The van der Waals surface area contributed by atoms with Crippen LogP contribution >= 0.6 is 0 Å². The molecule has 0 saturated heterocycles. The molecule has 0 amide bonds. The fourth-order valence-corrected chi connectivity index (χ4v) is 1.41. The summed E-state index contributed by atoms with van der Waals surface area (Å²) in [5.74, 6) is 0.360. The summed E-state index contributed by atoms with van der Waals surface area (Å²) in [6, 6.07) is 0.329. The van der Waals surface area contributed by atoms with Crippen molar-refractivity contribution >= 4 is 6.72 Å². The molecule has 1 saturated carbocycles. The van der Waals surface area contributed by atoms with Crippen LogP contribution in [0.25, 0.3) is 0 Å². The van der Waals surface area contributed by atoms with Crippen molar-refractivity contribution in [1.82, 2.24) is 5.01 Å². The van der Waals surface area contributed by atoms with Crippen LogP contribution in [0.2, 0.25) is 0 Å². The summed E-state index contributed by atoms with van der Waals surface area (Å²) >= 11 is 0. The summed E-state index contributed by atoms with van der Waals surface area (Å²) in [6.07, 6.45) is 3.82. The fourth-order valence-electron chi connectivity index (χ4n) is 1.41. The summed E-state index contributed by atoms with van der Waals surface area (Å²) in [5, 5.41) is 14.4. The Labute approximate surface area is 67.0 Å². The molecule has 1 aliphatic carbocycles. The molecule has 3 nitrogen and oxygen atoms in total. The molecule has 1 aliphatic rings. The van der Waals surface area contributed by atoms with E-state index in [0.717, 1.165) is 12.8 Å². The zero-order valence-corrected chi connectivity index (χ0v) is 6.61. The largest absolute Gasteiger partial charge is 0.396 e. The van der Waals surface area contributed by atoms with Gasteiger partial charge >= 0.3 is 0 Å². The van der Waals surface area contributed by atoms with E-state index in [9.17, 15) is 0 Å². The minimum Gasteiger partial charge on any atom is -0.396 e. The van der Waals surface area contributed by atoms with Gasteiger partial charge in [0.2, 0.25) is 0 Å². The zero-order valence-electron chi connectivity index (χ0n) is 6.61. The molecule has 11 heavy (non-hydrogen) atoms.